The molecule has 1 unspecified atom stereocenters. The number of rotatable bonds is 5. The fourth-order valence-electron chi connectivity index (χ4n) is 2.29. The van der Waals surface area contributed by atoms with Crippen LogP contribution in [-0.2, 0) is 9.53 Å². The summed E-state index contributed by atoms with van der Waals surface area (Å²) < 4.78 is 11.1. The summed E-state index contributed by atoms with van der Waals surface area (Å²) in [4.78, 5) is 13.9. The lowest BCUT2D eigenvalue weighted by Crippen LogP contribution is -2.46. The number of nitrogens with two attached hydrogens (primary N) is 1. The number of carbonyl (C=O) groups excluding carboxylic acids is 1. The van der Waals surface area contributed by atoms with Gasteiger partial charge in [0.1, 0.15) is 11.5 Å². The first-order valence-electron chi connectivity index (χ1n) is 6.99. The minimum atomic E-state index is -0.501. The number of halogens is 2. The summed E-state index contributed by atoms with van der Waals surface area (Å²) in [5.74, 6) is 1.60. The van der Waals surface area contributed by atoms with E-state index in [4.69, 9.17) is 14.9 Å². The van der Waals surface area contributed by atoms with E-state index in [1.165, 1.54) is 0 Å². The second-order valence-electron chi connectivity index (χ2n) is 5.15. The number of hydrogen-bond donors (Lipinski definition) is 2. The molecule has 128 valence electrons. The fraction of sp³-hybridized carbons (Fsp3) is 0.643. The SMILES string of the molecule is Cc1ccc(C(CNC(=O)[C@@H](C)N)N2CCOCC2)o1.Cl.Cl. The molecule has 0 aliphatic carbocycles. The Labute approximate surface area is 143 Å². The van der Waals surface area contributed by atoms with Crippen LogP contribution >= 0.6 is 24.8 Å². The van der Waals surface area contributed by atoms with Crippen LogP contribution in [0.15, 0.2) is 16.5 Å². The molecule has 0 radical (unpaired) electrons. The second kappa shape index (κ2) is 10.1. The second-order valence-corrected chi connectivity index (χ2v) is 5.15. The standard InChI is InChI=1S/C14H23N3O3.2ClH/c1-10-3-4-13(20-10)12(9-16-14(18)11(2)15)17-5-7-19-8-6-17;;/h3-4,11-12H,5-9,15H2,1-2H3,(H,16,18);2*1H/t11-,12?;;/m1../s1. The maximum absolute atomic E-state index is 11.7. The van der Waals surface area contributed by atoms with Crippen molar-refractivity contribution >= 4 is 30.7 Å². The van der Waals surface area contributed by atoms with E-state index in [1.807, 2.05) is 19.1 Å². The zero-order chi connectivity index (χ0) is 14.5. The molecule has 2 rings (SSSR count). The zero-order valence-electron chi connectivity index (χ0n) is 12.9. The average molecular weight is 354 g/mol. The quantitative estimate of drug-likeness (QED) is 0.832. The Morgan fingerprint density at radius 3 is 2.50 bits per heavy atom. The van der Waals surface area contributed by atoms with Gasteiger partial charge in [0.05, 0.1) is 25.3 Å². The summed E-state index contributed by atoms with van der Waals surface area (Å²) in [5, 5.41) is 2.88. The number of carbonyl (C=O) groups is 1. The van der Waals surface area contributed by atoms with Gasteiger partial charge in [0.25, 0.3) is 0 Å². The van der Waals surface area contributed by atoms with E-state index in [9.17, 15) is 4.79 Å². The molecule has 22 heavy (non-hydrogen) atoms. The van der Waals surface area contributed by atoms with Crippen LogP contribution in [0, 0.1) is 6.92 Å². The van der Waals surface area contributed by atoms with Crippen molar-refractivity contribution in [2.75, 3.05) is 32.8 Å². The highest BCUT2D eigenvalue weighted by atomic mass is 35.5. The number of nitrogens with zero attached hydrogens (tertiary/aromatic N) is 1. The number of aryl methyl sites for hydroxylation is 1. The molecule has 1 aliphatic heterocycles. The average Bonchev–Trinajstić information content (AvgIpc) is 2.86. The van der Waals surface area contributed by atoms with E-state index < -0.39 is 6.04 Å². The van der Waals surface area contributed by atoms with Gasteiger partial charge in [-0.25, -0.2) is 0 Å². The lowest BCUT2D eigenvalue weighted by Gasteiger charge is -2.33. The molecule has 6 nitrogen and oxygen atoms in total. The summed E-state index contributed by atoms with van der Waals surface area (Å²) in [6.45, 7) is 7.16. The van der Waals surface area contributed by atoms with Gasteiger partial charge in [0, 0.05) is 19.6 Å². The maximum Gasteiger partial charge on any atom is 0.236 e. The first-order chi connectivity index (χ1) is 9.58. The molecule has 1 aliphatic rings. The molecule has 1 amide bonds. The largest absolute Gasteiger partial charge is 0.465 e. The molecular weight excluding hydrogens is 329 g/mol. The van der Waals surface area contributed by atoms with Crippen molar-refractivity contribution < 1.29 is 13.9 Å². The lowest BCUT2D eigenvalue weighted by molar-refractivity contribution is -0.122. The van der Waals surface area contributed by atoms with Crippen molar-refractivity contribution in [3.05, 3.63) is 23.7 Å². The molecule has 0 aromatic carbocycles. The Morgan fingerprint density at radius 1 is 1.36 bits per heavy atom. The predicted molar refractivity (Wildman–Crippen MR) is 89.7 cm³/mol. The van der Waals surface area contributed by atoms with Gasteiger partial charge < -0.3 is 20.2 Å². The molecule has 1 aromatic heterocycles. The minimum absolute atomic E-state index is 0. The minimum Gasteiger partial charge on any atom is -0.465 e. The van der Waals surface area contributed by atoms with Crippen molar-refractivity contribution in [1.82, 2.24) is 10.2 Å². The number of furan rings is 1. The molecule has 8 heteroatoms. The van der Waals surface area contributed by atoms with Crippen molar-refractivity contribution in [3.8, 4) is 0 Å². The number of ether oxygens (including phenoxy) is 1. The van der Waals surface area contributed by atoms with Crippen molar-refractivity contribution in [3.63, 3.8) is 0 Å². The molecule has 2 atom stereocenters. The number of nitrogens with one attached hydrogen (secondary N) is 1. The van der Waals surface area contributed by atoms with Gasteiger partial charge in [-0.2, -0.15) is 0 Å². The third-order valence-electron chi connectivity index (χ3n) is 3.46. The summed E-state index contributed by atoms with van der Waals surface area (Å²) >= 11 is 0. The molecule has 0 spiro atoms. The van der Waals surface area contributed by atoms with Crippen LogP contribution in [0.5, 0.6) is 0 Å². The highest BCUT2D eigenvalue weighted by Crippen LogP contribution is 2.23. The summed E-state index contributed by atoms with van der Waals surface area (Å²) in [7, 11) is 0. The van der Waals surface area contributed by atoms with Crippen LogP contribution in [0.2, 0.25) is 0 Å². The number of hydrogen-bond acceptors (Lipinski definition) is 5. The van der Waals surface area contributed by atoms with Crippen LogP contribution in [0.3, 0.4) is 0 Å². The van der Waals surface area contributed by atoms with Crippen LogP contribution in [0.4, 0.5) is 0 Å². The van der Waals surface area contributed by atoms with Crippen LogP contribution in [0.25, 0.3) is 0 Å². The third kappa shape index (κ3) is 5.78. The van der Waals surface area contributed by atoms with E-state index in [0.717, 1.165) is 24.6 Å². The molecule has 2 heterocycles. The van der Waals surface area contributed by atoms with Gasteiger partial charge in [-0.1, -0.05) is 0 Å². The summed E-state index contributed by atoms with van der Waals surface area (Å²) in [5.41, 5.74) is 5.57. The summed E-state index contributed by atoms with van der Waals surface area (Å²) in [6, 6.07) is 3.43. The molecular formula is C14H25Cl2N3O3. The van der Waals surface area contributed by atoms with E-state index in [0.29, 0.717) is 19.8 Å². The Hall–Kier alpha value is -0.790. The van der Waals surface area contributed by atoms with Crippen LogP contribution in [-0.4, -0.2) is 49.7 Å². The monoisotopic (exact) mass is 353 g/mol. The molecule has 1 aromatic rings. The first-order valence-corrected chi connectivity index (χ1v) is 6.99. The van der Waals surface area contributed by atoms with E-state index in [2.05, 4.69) is 10.2 Å². The van der Waals surface area contributed by atoms with Gasteiger partial charge >= 0.3 is 0 Å². The Balaban J connectivity index is 0.00000220. The predicted octanol–water partition coefficient (Wildman–Crippen LogP) is 1.27. The number of morpholine rings is 1. The molecule has 1 saturated heterocycles. The van der Waals surface area contributed by atoms with Crippen LogP contribution in [0.1, 0.15) is 24.5 Å². The normalized spacial score (nSPS) is 17.8. The van der Waals surface area contributed by atoms with Gasteiger partial charge in [-0.3, -0.25) is 9.69 Å². The van der Waals surface area contributed by atoms with Gasteiger partial charge in [-0.05, 0) is 26.0 Å². The van der Waals surface area contributed by atoms with Crippen LogP contribution < -0.4 is 11.1 Å². The first kappa shape index (κ1) is 21.2. The van der Waals surface area contributed by atoms with Gasteiger partial charge in [-0.15, -0.1) is 24.8 Å². The van der Waals surface area contributed by atoms with Gasteiger partial charge in [0.15, 0.2) is 0 Å². The third-order valence-corrected chi connectivity index (χ3v) is 3.46. The molecule has 0 bridgehead atoms. The Bertz CT molecular complexity index is 448. The van der Waals surface area contributed by atoms with Crippen molar-refractivity contribution in [1.29, 1.82) is 0 Å². The summed E-state index contributed by atoms with van der Waals surface area (Å²) in [6.07, 6.45) is 0. The van der Waals surface area contributed by atoms with Crippen molar-refractivity contribution in [2.45, 2.75) is 25.9 Å². The topological polar surface area (TPSA) is 80.7 Å². The van der Waals surface area contributed by atoms with Crippen molar-refractivity contribution in [2.24, 2.45) is 5.73 Å². The van der Waals surface area contributed by atoms with E-state index in [1.54, 1.807) is 6.92 Å². The molecule has 0 saturated carbocycles. The lowest BCUT2D eigenvalue weighted by atomic mass is 10.1. The smallest absolute Gasteiger partial charge is 0.236 e. The van der Waals surface area contributed by atoms with E-state index >= 15 is 0 Å². The van der Waals surface area contributed by atoms with Gasteiger partial charge in [0.2, 0.25) is 5.91 Å². The Kier molecular flexibility index (Phi) is 9.71. The maximum atomic E-state index is 11.7. The van der Waals surface area contributed by atoms with E-state index in [-0.39, 0.29) is 36.8 Å². The molecule has 3 N–H and O–H groups in total. The zero-order valence-corrected chi connectivity index (χ0v) is 14.5. The Morgan fingerprint density at radius 2 is 2.00 bits per heavy atom. The highest BCUT2D eigenvalue weighted by Gasteiger charge is 2.25. The number of amides is 1. The highest BCUT2D eigenvalue weighted by molar-refractivity contribution is 5.85. The fourth-order valence-corrected chi connectivity index (χ4v) is 2.29. The molecule has 1 fully saturated rings.